The predicted molar refractivity (Wildman–Crippen MR) is 85.8 cm³/mol. The Morgan fingerprint density at radius 2 is 2.14 bits per heavy atom. The molecule has 0 bridgehead atoms. The largest absolute Gasteiger partial charge is 0.347 e. The third-order valence-corrected chi connectivity index (χ3v) is 4.52. The molecule has 2 aromatic rings. The number of aromatic nitrogens is 1. The quantitative estimate of drug-likeness (QED) is 0.874. The van der Waals surface area contributed by atoms with Gasteiger partial charge < -0.3 is 9.88 Å². The molecule has 0 aliphatic heterocycles. The van der Waals surface area contributed by atoms with Gasteiger partial charge in [0.1, 0.15) is 0 Å². The second-order valence-electron chi connectivity index (χ2n) is 6.66. The highest BCUT2D eigenvalue weighted by molar-refractivity contribution is 5.83. The van der Waals surface area contributed by atoms with E-state index >= 15 is 0 Å². The number of fused-ring (bicyclic) bond motifs is 1. The summed E-state index contributed by atoms with van der Waals surface area (Å²) in [4.78, 5) is 0. The van der Waals surface area contributed by atoms with Crippen LogP contribution in [-0.4, -0.2) is 10.6 Å². The molecule has 0 spiro atoms. The van der Waals surface area contributed by atoms with Gasteiger partial charge in [-0.25, -0.2) is 0 Å². The van der Waals surface area contributed by atoms with E-state index in [9.17, 15) is 0 Å². The van der Waals surface area contributed by atoms with Gasteiger partial charge in [0, 0.05) is 48.1 Å². The van der Waals surface area contributed by atoms with Crippen molar-refractivity contribution in [3.8, 4) is 6.07 Å². The molecule has 3 heteroatoms. The lowest BCUT2D eigenvalue weighted by Crippen LogP contribution is -2.21. The van der Waals surface area contributed by atoms with E-state index < -0.39 is 0 Å². The first-order valence-electron chi connectivity index (χ1n) is 7.81. The van der Waals surface area contributed by atoms with Gasteiger partial charge in [0.25, 0.3) is 0 Å². The first kappa shape index (κ1) is 14.2. The highest BCUT2D eigenvalue weighted by atomic mass is 15.0. The number of nitrogens with zero attached hydrogens (tertiary/aromatic N) is 2. The van der Waals surface area contributed by atoms with E-state index in [4.69, 9.17) is 5.26 Å². The first-order valence-corrected chi connectivity index (χ1v) is 7.81. The Morgan fingerprint density at radius 3 is 2.81 bits per heavy atom. The van der Waals surface area contributed by atoms with Crippen molar-refractivity contribution in [2.24, 2.45) is 5.41 Å². The molecular formula is C18H23N3. The predicted octanol–water partition coefficient (Wildman–Crippen LogP) is 3.83. The van der Waals surface area contributed by atoms with Gasteiger partial charge in [-0.1, -0.05) is 26.0 Å². The van der Waals surface area contributed by atoms with Gasteiger partial charge in [0.05, 0.1) is 6.07 Å². The topological polar surface area (TPSA) is 40.8 Å². The lowest BCUT2D eigenvalue weighted by molar-refractivity contribution is 0.440. The minimum atomic E-state index is 0.243. The molecule has 1 saturated carbocycles. The molecule has 110 valence electrons. The molecule has 0 radical (unpaired) electrons. The summed E-state index contributed by atoms with van der Waals surface area (Å²) in [6.07, 6.45) is 5.24. The van der Waals surface area contributed by atoms with Crippen LogP contribution in [0.1, 0.15) is 38.7 Å². The highest BCUT2D eigenvalue weighted by Crippen LogP contribution is 2.50. The monoisotopic (exact) mass is 281 g/mol. The zero-order chi connectivity index (χ0) is 14.9. The van der Waals surface area contributed by atoms with Crippen LogP contribution in [0.15, 0.2) is 30.5 Å². The number of nitrogens with one attached hydrogen (secondary N) is 1. The Balaban J connectivity index is 1.85. The van der Waals surface area contributed by atoms with E-state index in [0.717, 1.165) is 13.1 Å². The normalized spacial score (nSPS) is 16.3. The van der Waals surface area contributed by atoms with E-state index in [1.54, 1.807) is 0 Å². The fraction of sp³-hybridized carbons (Fsp3) is 0.500. The Morgan fingerprint density at radius 1 is 1.33 bits per heavy atom. The standard InChI is InChI=1S/C18H23N3/c1-14(2)20-12-15-4-3-5-17-16(15)6-11-21(17)13-18(7-8-18)9-10-19/h3-6,11,14,20H,7-9,12-13H2,1-2H3. The van der Waals surface area contributed by atoms with Gasteiger partial charge in [-0.3, -0.25) is 0 Å². The van der Waals surface area contributed by atoms with Crippen LogP contribution in [-0.2, 0) is 13.1 Å². The minimum Gasteiger partial charge on any atom is -0.347 e. The number of rotatable bonds is 6. The maximum atomic E-state index is 8.98. The molecule has 1 heterocycles. The Labute approximate surface area is 126 Å². The summed E-state index contributed by atoms with van der Waals surface area (Å²) in [6, 6.07) is 11.6. The highest BCUT2D eigenvalue weighted by Gasteiger charge is 2.42. The van der Waals surface area contributed by atoms with Crippen LogP contribution in [0.2, 0.25) is 0 Å². The zero-order valence-corrected chi connectivity index (χ0v) is 12.9. The van der Waals surface area contributed by atoms with E-state index in [2.05, 4.69) is 60.3 Å². The van der Waals surface area contributed by atoms with Crippen LogP contribution in [0.3, 0.4) is 0 Å². The van der Waals surface area contributed by atoms with Gasteiger partial charge in [-0.2, -0.15) is 5.26 Å². The van der Waals surface area contributed by atoms with Gasteiger partial charge in [0.2, 0.25) is 0 Å². The molecule has 1 fully saturated rings. The summed E-state index contributed by atoms with van der Waals surface area (Å²) >= 11 is 0. The molecule has 3 rings (SSSR count). The summed E-state index contributed by atoms with van der Waals surface area (Å²) < 4.78 is 2.33. The summed E-state index contributed by atoms with van der Waals surface area (Å²) in [7, 11) is 0. The molecule has 1 aromatic heterocycles. The molecule has 1 N–H and O–H groups in total. The number of benzene rings is 1. The van der Waals surface area contributed by atoms with Crippen LogP contribution in [0.4, 0.5) is 0 Å². The van der Waals surface area contributed by atoms with Crippen molar-refractivity contribution >= 4 is 10.9 Å². The second-order valence-corrected chi connectivity index (χ2v) is 6.66. The second kappa shape index (κ2) is 5.54. The Bertz CT molecular complexity index is 671. The van der Waals surface area contributed by atoms with Gasteiger partial charge in [-0.05, 0) is 30.5 Å². The van der Waals surface area contributed by atoms with Crippen molar-refractivity contribution in [1.82, 2.24) is 9.88 Å². The van der Waals surface area contributed by atoms with E-state index in [-0.39, 0.29) is 5.41 Å². The maximum absolute atomic E-state index is 8.98. The van der Waals surface area contributed by atoms with Crippen molar-refractivity contribution in [3.05, 3.63) is 36.0 Å². The molecular weight excluding hydrogens is 258 g/mol. The molecule has 0 amide bonds. The summed E-state index contributed by atoms with van der Waals surface area (Å²) in [6.45, 7) is 6.22. The van der Waals surface area contributed by atoms with Crippen LogP contribution in [0.25, 0.3) is 10.9 Å². The van der Waals surface area contributed by atoms with Crippen LogP contribution >= 0.6 is 0 Å². The molecule has 3 nitrogen and oxygen atoms in total. The van der Waals surface area contributed by atoms with Gasteiger partial charge >= 0.3 is 0 Å². The maximum Gasteiger partial charge on any atom is 0.0628 e. The summed E-state index contributed by atoms with van der Waals surface area (Å²) in [5.74, 6) is 0. The SMILES string of the molecule is CC(C)NCc1cccc2c1ccn2CC1(CC#N)CC1. The van der Waals surface area contributed by atoms with Crippen molar-refractivity contribution in [3.63, 3.8) is 0 Å². The van der Waals surface area contributed by atoms with Crippen molar-refractivity contribution in [2.45, 2.75) is 52.2 Å². The van der Waals surface area contributed by atoms with Crippen molar-refractivity contribution in [2.75, 3.05) is 0 Å². The molecule has 0 saturated heterocycles. The number of hydrogen-bond acceptors (Lipinski definition) is 2. The fourth-order valence-corrected chi connectivity index (χ4v) is 2.99. The van der Waals surface area contributed by atoms with E-state index in [0.29, 0.717) is 12.5 Å². The first-order chi connectivity index (χ1) is 10.1. The van der Waals surface area contributed by atoms with Crippen molar-refractivity contribution < 1.29 is 0 Å². The van der Waals surface area contributed by atoms with Crippen LogP contribution in [0, 0.1) is 16.7 Å². The smallest absolute Gasteiger partial charge is 0.0628 e. The molecule has 1 aromatic carbocycles. The average Bonchev–Trinajstić information content (AvgIpc) is 3.09. The van der Waals surface area contributed by atoms with Crippen LogP contribution < -0.4 is 5.32 Å². The number of nitriles is 1. The average molecular weight is 281 g/mol. The van der Waals surface area contributed by atoms with Crippen LogP contribution in [0.5, 0.6) is 0 Å². The fourth-order valence-electron chi connectivity index (χ4n) is 2.99. The van der Waals surface area contributed by atoms with Crippen molar-refractivity contribution in [1.29, 1.82) is 5.26 Å². The van der Waals surface area contributed by atoms with E-state index in [1.807, 2.05) is 0 Å². The zero-order valence-electron chi connectivity index (χ0n) is 12.9. The summed E-state index contributed by atoms with van der Waals surface area (Å²) in [5, 5.41) is 13.8. The molecule has 21 heavy (non-hydrogen) atoms. The molecule has 0 unspecified atom stereocenters. The molecule has 1 aliphatic carbocycles. The lowest BCUT2D eigenvalue weighted by atomic mass is 10.0. The lowest BCUT2D eigenvalue weighted by Gasteiger charge is -2.14. The third-order valence-electron chi connectivity index (χ3n) is 4.52. The third kappa shape index (κ3) is 2.96. The Hall–Kier alpha value is -1.79. The molecule has 0 atom stereocenters. The molecule has 1 aliphatic rings. The van der Waals surface area contributed by atoms with Gasteiger partial charge in [-0.15, -0.1) is 0 Å². The summed E-state index contributed by atoms with van der Waals surface area (Å²) in [5.41, 5.74) is 2.89. The Kier molecular flexibility index (Phi) is 3.73. The van der Waals surface area contributed by atoms with E-state index in [1.165, 1.54) is 29.3 Å². The van der Waals surface area contributed by atoms with Gasteiger partial charge in [0.15, 0.2) is 0 Å². The minimum absolute atomic E-state index is 0.243. The number of hydrogen-bond donors (Lipinski definition) is 1.